The van der Waals surface area contributed by atoms with E-state index < -0.39 is 0 Å². The highest BCUT2D eigenvalue weighted by Crippen LogP contribution is 2.23. The van der Waals surface area contributed by atoms with Crippen LogP contribution in [0.15, 0.2) is 48.5 Å². The van der Waals surface area contributed by atoms with Gasteiger partial charge in [-0.3, -0.25) is 0 Å². The highest BCUT2D eigenvalue weighted by molar-refractivity contribution is 5.90. The summed E-state index contributed by atoms with van der Waals surface area (Å²) in [5, 5.41) is 2.70. The van der Waals surface area contributed by atoms with Crippen molar-refractivity contribution in [2.24, 2.45) is 5.92 Å². The van der Waals surface area contributed by atoms with Crippen LogP contribution in [0.5, 0.6) is 0 Å². The molecule has 1 nitrogen and oxygen atoms in total. The van der Waals surface area contributed by atoms with Crippen molar-refractivity contribution >= 4 is 16.8 Å². The van der Waals surface area contributed by atoms with E-state index in [4.69, 9.17) is 0 Å². The molecule has 0 radical (unpaired) electrons. The summed E-state index contributed by atoms with van der Waals surface area (Å²) in [4.78, 5) is 2.66. The van der Waals surface area contributed by atoms with Gasteiger partial charge in [-0.1, -0.05) is 74.4 Å². The lowest BCUT2D eigenvalue weighted by Crippen LogP contribution is -2.35. The highest BCUT2D eigenvalue weighted by Gasteiger charge is 2.17. The number of fused-ring (bicyclic) bond motifs is 1. The summed E-state index contributed by atoms with van der Waals surface area (Å²) in [6.45, 7) is 6.10. The van der Waals surface area contributed by atoms with Gasteiger partial charge in [-0.15, -0.1) is 0 Å². The van der Waals surface area contributed by atoms with Gasteiger partial charge in [0.1, 0.15) is 0 Å². The number of piperidine rings is 1. The number of benzene rings is 2. The van der Waals surface area contributed by atoms with Gasteiger partial charge in [0.2, 0.25) is 0 Å². The highest BCUT2D eigenvalue weighted by atomic mass is 15.1. The molecule has 1 heteroatoms. The predicted molar refractivity (Wildman–Crippen MR) is 102 cm³/mol. The van der Waals surface area contributed by atoms with Crippen molar-refractivity contribution in [3.05, 3.63) is 54.1 Å². The second-order valence-corrected chi connectivity index (χ2v) is 6.84. The zero-order valence-electron chi connectivity index (χ0n) is 14.4. The van der Waals surface area contributed by atoms with Crippen LogP contribution >= 0.6 is 0 Å². The molecule has 3 rings (SSSR count). The SMILES string of the molecule is CCCCCN1CCCC(/C=C/c2cccc3ccccc23)C1. The number of hydrogen-bond donors (Lipinski definition) is 0. The Morgan fingerprint density at radius 1 is 1.09 bits per heavy atom. The van der Waals surface area contributed by atoms with Gasteiger partial charge in [-0.05, 0) is 54.6 Å². The van der Waals surface area contributed by atoms with Crippen LogP contribution in [0.3, 0.4) is 0 Å². The monoisotopic (exact) mass is 307 g/mol. The van der Waals surface area contributed by atoms with Crippen LogP contribution in [-0.4, -0.2) is 24.5 Å². The lowest BCUT2D eigenvalue weighted by Gasteiger charge is -2.31. The number of hydrogen-bond acceptors (Lipinski definition) is 1. The first kappa shape index (κ1) is 16.3. The van der Waals surface area contributed by atoms with Gasteiger partial charge in [-0.25, -0.2) is 0 Å². The van der Waals surface area contributed by atoms with E-state index in [1.807, 2.05) is 0 Å². The fourth-order valence-corrected chi connectivity index (χ4v) is 3.67. The number of unbranched alkanes of at least 4 members (excludes halogenated alkanes) is 2. The molecule has 1 fully saturated rings. The van der Waals surface area contributed by atoms with E-state index in [-0.39, 0.29) is 0 Å². The number of rotatable bonds is 6. The second-order valence-electron chi connectivity index (χ2n) is 6.84. The molecule has 0 saturated carbocycles. The molecule has 2 aromatic carbocycles. The molecule has 23 heavy (non-hydrogen) atoms. The molecule has 0 spiro atoms. The molecular weight excluding hydrogens is 278 g/mol. The fourth-order valence-electron chi connectivity index (χ4n) is 3.67. The molecule has 0 aromatic heterocycles. The van der Waals surface area contributed by atoms with E-state index in [9.17, 15) is 0 Å². The zero-order chi connectivity index (χ0) is 15.9. The maximum absolute atomic E-state index is 2.66. The number of nitrogens with zero attached hydrogens (tertiary/aromatic N) is 1. The fraction of sp³-hybridized carbons (Fsp3) is 0.455. The quantitative estimate of drug-likeness (QED) is 0.614. The minimum Gasteiger partial charge on any atom is -0.303 e. The Balaban J connectivity index is 1.64. The van der Waals surface area contributed by atoms with Gasteiger partial charge in [0.15, 0.2) is 0 Å². The molecule has 2 aromatic rings. The first-order valence-corrected chi connectivity index (χ1v) is 9.25. The van der Waals surface area contributed by atoms with Gasteiger partial charge >= 0.3 is 0 Å². The summed E-state index contributed by atoms with van der Waals surface area (Å²) in [5.74, 6) is 0.712. The van der Waals surface area contributed by atoms with E-state index in [0.717, 1.165) is 0 Å². The van der Waals surface area contributed by atoms with Crippen LogP contribution in [0.2, 0.25) is 0 Å². The lowest BCUT2D eigenvalue weighted by molar-refractivity contribution is 0.194. The Hall–Kier alpha value is -1.60. The summed E-state index contributed by atoms with van der Waals surface area (Å²) in [6.07, 6.45) is 11.5. The Bertz CT molecular complexity index is 638. The topological polar surface area (TPSA) is 3.24 Å². The minimum atomic E-state index is 0.712. The number of likely N-dealkylation sites (tertiary alicyclic amines) is 1. The Labute approximate surface area is 141 Å². The minimum absolute atomic E-state index is 0.712. The van der Waals surface area contributed by atoms with Crippen LogP contribution in [0.1, 0.15) is 44.6 Å². The standard InChI is InChI=1S/C22H29N/c1-2-3-6-16-23-17-8-9-19(18-23)14-15-21-12-7-11-20-10-4-5-13-22(20)21/h4-5,7,10-15,19H,2-3,6,8-9,16-18H2,1H3/b15-14+. The molecule has 122 valence electrons. The molecule has 1 unspecified atom stereocenters. The lowest BCUT2D eigenvalue weighted by atomic mass is 9.95. The summed E-state index contributed by atoms with van der Waals surface area (Å²) < 4.78 is 0. The molecule has 1 aliphatic heterocycles. The molecule has 1 atom stereocenters. The Morgan fingerprint density at radius 3 is 2.87 bits per heavy atom. The first-order valence-electron chi connectivity index (χ1n) is 9.25. The molecule has 0 amide bonds. The average molecular weight is 307 g/mol. The smallest absolute Gasteiger partial charge is 0.00444 e. The van der Waals surface area contributed by atoms with Gasteiger partial charge < -0.3 is 4.90 Å². The van der Waals surface area contributed by atoms with Crippen molar-refractivity contribution in [1.82, 2.24) is 4.90 Å². The third-order valence-electron chi connectivity index (χ3n) is 4.99. The second kappa shape index (κ2) is 8.31. The first-order chi connectivity index (χ1) is 11.4. The Morgan fingerprint density at radius 2 is 1.96 bits per heavy atom. The van der Waals surface area contributed by atoms with Crippen molar-refractivity contribution in [3.63, 3.8) is 0 Å². The van der Waals surface area contributed by atoms with Crippen LogP contribution < -0.4 is 0 Å². The van der Waals surface area contributed by atoms with Gasteiger partial charge in [0.25, 0.3) is 0 Å². The third kappa shape index (κ3) is 4.45. The molecule has 0 aliphatic carbocycles. The van der Waals surface area contributed by atoms with Crippen LogP contribution in [0, 0.1) is 5.92 Å². The molecule has 0 N–H and O–H groups in total. The maximum atomic E-state index is 2.66. The van der Waals surface area contributed by atoms with E-state index in [1.165, 1.54) is 68.1 Å². The van der Waals surface area contributed by atoms with Crippen molar-refractivity contribution in [2.45, 2.75) is 39.0 Å². The van der Waals surface area contributed by atoms with Crippen molar-refractivity contribution < 1.29 is 0 Å². The van der Waals surface area contributed by atoms with E-state index in [2.05, 4.69) is 66.4 Å². The van der Waals surface area contributed by atoms with Crippen molar-refractivity contribution in [3.8, 4) is 0 Å². The van der Waals surface area contributed by atoms with Crippen LogP contribution in [0.25, 0.3) is 16.8 Å². The van der Waals surface area contributed by atoms with Gasteiger partial charge in [0.05, 0.1) is 0 Å². The molecule has 1 saturated heterocycles. The average Bonchev–Trinajstić information content (AvgIpc) is 2.60. The summed E-state index contributed by atoms with van der Waals surface area (Å²) in [5.41, 5.74) is 1.35. The maximum Gasteiger partial charge on any atom is 0.00444 e. The third-order valence-corrected chi connectivity index (χ3v) is 4.99. The van der Waals surface area contributed by atoms with E-state index >= 15 is 0 Å². The van der Waals surface area contributed by atoms with Crippen LogP contribution in [0.4, 0.5) is 0 Å². The summed E-state index contributed by atoms with van der Waals surface area (Å²) in [6, 6.07) is 15.3. The Kier molecular flexibility index (Phi) is 5.87. The zero-order valence-corrected chi connectivity index (χ0v) is 14.4. The van der Waals surface area contributed by atoms with Gasteiger partial charge in [-0.2, -0.15) is 0 Å². The molecule has 1 heterocycles. The largest absolute Gasteiger partial charge is 0.303 e. The van der Waals surface area contributed by atoms with E-state index in [1.54, 1.807) is 0 Å². The van der Waals surface area contributed by atoms with Crippen LogP contribution in [-0.2, 0) is 0 Å². The molecular formula is C22H29N. The predicted octanol–water partition coefficient (Wildman–Crippen LogP) is 5.76. The molecule has 1 aliphatic rings. The molecule has 0 bridgehead atoms. The van der Waals surface area contributed by atoms with Crippen molar-refractivity contribution in [1.29, 1.82) is 0 Å². The normalized spacial score (nSPS) is 19.6. The summed E-state index contributed by atoms with van der Waals surface area (Å²) in [7, 11) is 0. The van der Waals surface area contributed by atoms with Gasteiger partial charge in [0, 0.05) is 6.54 Å². The van der Waals surface area contributed by atoms with E-state index in [0.29, 0.717) is 5.92 Å². The summed E-state index contributed by atoms with van der Waals surface area (Å²) >= 11 is 0. The van der Waals surface area contributed by atoms with Crippen molar-refractivity contribution in [2.75, 3.05) is 19.6 Å².